The molecular weight excluding hydrogens is 359 g/mol. The van der Waals surface area contributed by atoms with Gasteiger partial charge in [-0.3, -0.25) is 0 Å². The third kappa shape index (κ3) is 3.29. The molecule has 2 aliphatic rings. The monoisotopic (exact) mass is 376 g/mol. The number of hydrogen-bond donors (Lipinski definition) is 2. The van der Waals surface area contributed by atoms with Crippen molar-refractivity contribution in [3.05, 3.63) is 51.8 Å². The lowest BCUT2D eigenvalue weighted by atomic mass is 9.97. The van der Waals surface area contributed by atoms with E-state index in [2.05, 4.69) is 16.7 Å². The minimum atomic E-state index is -0.522. The fraction of sp³-hybridized carbons (Fsp3) is 0.316. The van der Waals surface area contributed by atoms with Crippen molar-refractivity contribution in [1.29, 1.82) is 0 Å². The largest absolute Gasteiger partial charge is 0.493 e. The number of urea groups is 1. The van der Waals surface area contributed by atoms with Gasteiger partial charge >= 0.3 is 6.03 Å². The van der Waals surface area contributed by atoms with Gasteiger partial charge in [0, 0.05) is 41.8 Å². The Bertz CT molecular complexity index is 840. The van der Waals surface area contributed by atoms with Crippen molar-refractivity contribution in [1.82, 2.24) is 5.32 Å². The van der Waals surface area contributed by atoms with Crippen LogP contribution < -0.4 is 20.1 Å². The summed E-state index contributed by atoms with van der Waals surface area (Å²) in [5, 5.41) is 5.42. The van der Waals surface area contributed by atoms with E-state index in [0.717, 1.165) is 29.9 Å². The molecule has 0 bridgehead atoms. The van der Waals surface area contributed by atoms with Crippen molar-refractivity contribution < 1.29 is 18.7 Å². The lowest BCUT2D eigenvalue weighted by molar-refractivity contribution is 0.252. The number of amides is 2. The SMILES string of the molecule is O=C(NCCc1c2c(cc3c1OCC3)OCC2)Nc1ccc(F)c(Cl)c1. The zero-order chi connectivity index (χ0) is 18.1. The summed E-state index contributed by atoms with van der Waals surface area (Å²) in [6.07, 6.45) is 2.41. The third-order valence-corrected chi connectivity index (χ3v) is 4.89. The van der Waals surface area contributed by atoms with Crippen LogP contribution in [0.3, 0.4) is 0 Å². The van der Waals surface area contributed by atoms with Gasteiger partial charge in [-0.05, 0) is 30.7 Å². The number of hydrogen-bond acceptors (Lipinski definition) is 3. The molecule has 0 saturated carbocycles. The molecule has 2 heterocycles. The van der Waals surface area contributed by atoms with Gasteiger partial charge in [0.15, 0.2) is 0 Å². The van der Waals surface area contributed by atoms with E-state index in [9.17, 15) is 9.18 Å². The van der Waals surface area contributed by atoms with E-state index in [-0.39, 0.29) is 11.1 Å². The van der Waals surface area contributed by atoms with Crippen LogP contribution >= 0.6 is 11.6 Å². The molecule has 0 aromatic heterocycles. The summed E-state index contributed by atoms with van der Waals surface area (Å²) in [5.41, 5.74) is 3.91. The molecule has 0 fully saturated rings. The first-order valence-electron chi connectivity index (χ1n) is 8.55. The third-order valence-electron chi connectivity index (χ3n) is 4.60. The summed E-state index contributed by atoms with van der Waals surface area (Å²) in [6.45, 7) is 1.82. The molecule has 0 saturated heterocycles. The second-order valence-corrected chi connectivity index (χ2v) is 6.68. The summed E-state index contributed by atoms with van der Waals surface area (Å²) in [5.74, 6) is 1.36. The molecule has 2 amide bonds. The van der Waals surface area contributed by atoms with Gasteiger partial charge in [0.2, 0.25) is 0 Å². The van der Waals surface area contributed by atoms with Crippen molar-refractivity contribution in [2.45, 2.75) is 19.3 Å². The van der Waals surface area contributed by atoms with E-state index in [4.69, 9.17) is 21.1 Å². The first kappa shape index (κ1) is 17.0. The molecule has 136 valence electrons. The van der Waals surface area contributed by atoms with E-state index >= 15 is 0 Å². The topological polar surface area (TPSA) is 59.6 Å². The van der Waals surface area contributed by atoms with Crippen molar-refractivity contribution in [3.8, 4) is 11.5 Å². The Labute approximate surface area is 155 Å². The van der Waals surface area contributed by atoms with Crippen molar-refractivity contribution in [3.63, 3.8) is 0 Å². The molecule has 7 heteroatoms. The van der Waals surface area contributed by atoms with Crippen LogP contribution in [0.1, 0.15) is 16.7 Å². The van der Waals surface area contributed by atoms with Crippen LogP contribution in [0.4, 0.5) is 14.9 Å². The minimum absolute atomic E-state index is 0.0321. The minimum Gasteiger partial charge on any atom is -0.493 e. The van der Waals surface area contributed by atoms with Crippen molar-refractivity contribution in [2.75, 3.05) is 25.1 Å². The molecule has 2 aromatic rings. The highest BCUT2D eigenvalue weighted by molar-refractivity contribution is 6.31. The number of rotatable bonds is 4. The molecule has 0 spiro atoms. The molecule has 5 nitrogen and oxygen atoms in total. The lowest BCUT2D eigenvalue weighted by Crippen LogP contribution is -2.30. The first-order valence-corrected chi connectivity index (χ1v) is 8.93. The van der Waals surface area contributed by atoms with Crippen LogP contribution in [0.2, 0.25) is 5.02 Å². The maximum atomic E-state index is 13.2. The maximum absolute atomic E-state index is 13.2. The summed E-state index contributed by atoms with van der Waals surface area (Å²) >= 11 is 5.72. The van der Waals surface area contributed by atoms with E-state index in [1.165, 1.54) is 29.3 Å². The van der Waals surface area contributed by atoms with Crippen LogP contribution in [0.15, 0.2) is 24.3 Å². The van der Waals surface area contributed by atoms with E-state index in [1.807, 2.05) is 0 Å². The number of carbonyl (C=O) groups is 1. The number of halogens is 2. The zero-order valence-corrected chi connectivity index (χ0v) is 14.8. The molecule has 0 unspecified atom stereocenters. The highest BCUT2D eigenvalue weighted by Gasteiger charge is 2.26. The van der Waals surface area contributed by atoms with Crippen LogP contribution in [0.25, 0.3) is 0 Å². The van der Waals surface area contributed by atoms with Gasteiger partial charge in [-0.1, -0.05) is 11.6 Å². The molecule has 0 atom stereocenters. The normalized spacial score (nSPS) is 14.2. The summed E-state index contributed by atoms with van der Waals surface area (Å²) in [4.78, 5) is 12.1. The van der Waals surface area contributed by atoms with E-state index < -0.39 is 5.82 Å². The average Bonchev–Trinajstić information content (AvgIpc) is 3.26. The Morgan fingerprint density at radius 1 is 1.19 bits per heavy atom. The highest BCUT2D eigenvalue weighted by Crippen LogP contribution is 2.40. The Morgan fingerprint density at radius 3 is 2.88 bits per heavy atom. The quantitative estimate of drug-likeness (QED) is 0.855. The summed E-state index contributed by atoms with van der Waals surface area (Å²) < 4.78 is 24.7. The van der Waals surface area contributed by atoms with Crippen molar-refractivity contribution in [2.24, 2.45) is 0 Å². The van der Waals surface area contributed by atoms with E-state index in [1.54, 1.807) is 0 Å². The van der Waals surface area contributed by atoms with Crippen LogP contribution in [-0.2, 0) is 19.3 Å². The standard InChI is InChI=1S/C19H18ClFN2O3/c20-15-10-12(1-2-16(15)21)23-19(24)22-6-3-14-13-5-8-25-17(13)9-11-4-7-26-18(11)14/h1-2,9-10H,3-8H2,(H2,22,23,24). The van der Waals surface area contributed by atoms with Gasteiger partial charge in [0.05, 0.1) is 18.2 Å². The Kier molecular flexibility index (Phi) is 4.59. The molecule has 26 heavy (non-hydrogen) atoms. The fourth-order valence-electron chi connectivity index (χ4n) is 3.40. The number of fused-ring (bicyclic) bond motifs is 2. The molecular formula is C19H18ClFN2O3. The zero-order valence-electron chi connectivity index (χ0n) is 14.0. The first-order chi connectivity index (χ1) is 12.6. The number of ether oxygens (including phenoxy) is 2. The van der Waals surface area contributed by atoms with Gasteiger partial charge in [-0.25, -0.2) is 9.18 Å². The number of benzene rings is 2. The number of nitrogens with one attached hydrogen (secondary N) is 2. The molecule has 2 aromatic carbocycles. The molecule has 4 rings (SSSR count). The highest BCUT2D eigenvalue weighted by atomic mass is 35.5. The maximum Gasteiger partial charge on any atom is 0.319 e. The van der Waals surface area contributed by atoms with Gasteiger partial charge < -0.3 is 20.1 Å². The van der Waals surface area contributed by atoms with Crippen LogP contribution in [0.5, 0.6) is 11.5 Å². The molecule has 2 aliphatic heterocycles. The van der Waals surface area contributed by atoms with Crippen molar-refractivity contribution >= 4 is 23.3 Å². The second-order valence-electron chi connectivity index (χ2n) is 6.28. The fourth-order valence-corrected chi connectivity index (χ4v) is 3.58. The molecule has 2 N–H and O–H groups in total. The predicted molar refractivity (Wildman–Crippen MR) is 97.0 cm³/mol. The average molecular weight is 377 g/mol. The Balaban J connectivity index is 1.39. The van der Waals surface area contributed by atoms with E-state index in [0.29, 0.717) is 31.9 Å². The van der Waals surface area contributed by atoms with Gasteiger partial charge in [-0.2, -0.15) is 0 Å². The lowest BCUT2D eigenvalue weighted by Gasteiger charge is -2.14. The number of carbonyl (C=O) groups excluding carboxylic acids is 1. The second kappa shape index (κ2) is 7.03. The van der Waals surface area contributed by atoms with Gasteiger partial charge in [-0.15, -0.1) is 0 Å². The summed E-state index contributed by atoms with van der Waals surface area (Å²) in [6, 6.07) is 5.76. The molecule has 0 aliphatic carbocycles. The Morgan fingerprint density at radius 2 is 2.04 bits per heavy atom. The smallest absolute Gasteiger partial charge is 0.319 e. The predicted octanol–water partition coefficient (Wildman–Crippen LogP) is 3.71. The summed E-state index contributed by atoms with van der Waals surface area (Å²) in [7, 11) is 0. The van der Waals surface area contributed by atoms with Crippen LogP contribution in [0, 0.1) is 5.82 Å². The van der Waals surface area contributed by atoms with Crippen LogP contribution in [-0.4, -0.2) is 25.8 Å². The molecule has 0 radical (unpaired) electrons. The van der Waals surface area contributed by atoms with Gasteiger partial charge in [0.25, 0.3) is 0 Å². The Hall–Kier alpha value is -2.47. The van der Waals surface area contributed by atoms with Gasteiger partial charge in [0.1, 0.15) is 17.3 Å². The number of anilines is 1.